The van der Waals surface area contributed by atoms with E-state index in [1.54, 1.807) is 33.6 Å². The van der Waals surface area contributed by atoms with Gasteiger partial charge in [-0.2, -0.15) is 4.57 Å². The van der Waals surface area contributed by atoms with Crippen LogP contribution in [-0.4, -0.2) is 50.0 Å². The summed E-state index contributed by atoms with van der Waals surface area (Å²) in [5.41, 5.74) is 14.7. The lowest BCUT2D eigenvalue weighted by atomic mass is 9.90. The molecule has 4 nitrogen and oxygen atoms in total. The van der Waals surface area contributed by atoms with Gasteiger partial charge in [0, 0.05) is 78.3 Å². The number of fused-ring (bicyclic) bond motifs is 1. The number of rotatable bonds is 14. The van der Waals surface area contributed by atoms with Crippen LogP contribution in [0.2, 0.25) is 0 Å². The predicted molar refractivity (Wildman–Crippen MR) is 241 cm³/mol. The molecule has 8 heteroatoms. The predicted octanol–water partition coefficient (Wildman–Crippen LogP) is 11.1. The Labute approximate surface area is 337 Å². The fourth-order valence-electron chi connectivity index (χ4n) is 8.96. The van der Waals surface area contributed by atoms with Gasteiger partial charge in [-0.1, -0.05) is 69.3 Å². The van der Waals surface area contributed by atoms with Crippen molar-refractivity contribution in [3.63, 3.8) is 0 Å². The van der Waals surface area contributed by atoms with E-state index in [2.05, 4.69) is 117 Å². The molecule has 0 atom stereocenters. The summed E-state index contributed by atoms with van der Waals surface area (Å²) in [6.07, 6.45) is 19.4. The molecule has 0 saturated carbocycles. The minimum absolute atomic E-state index is 0.961. The quantitative estimate of drug-likeness (QED) is 0.0520. The fourth-order valence-corrected chi connectivity index (χ4v) is 12.8. The van der Waals surface area contributed by atoms with Crippen LogP contribution in [0.1, 0.15) is 64.1 Å². The van der Waals surface area contributed by atoms with E-state index in [1.807, 2.05) is 44.7 Å². The van der Waals surface area contributed by atoms with Gasteiger partial charge in [-0.05, 0) is 133 Å². The third kappa shape index (κ3) is 8.14. The zero-order valence-electron chi connectivity index (χ0n) is 31.2. The van der Waals surface area contributed by atoms with E-state index in [0.717, 1.165) is 30.3 Å². The van der Waals surface area contributed by atoms with Gasteiger partial charge in [0.05, 0.1) is 5.75 Å². The molecule has 5 heterocycles. The number of thiazole rings is 1. The molecule has 1 N–H and O–H groups in total. The maximum absolute atomic E-state index is 3.74. The summed E-state index contributed by atoms with van der Waals surface area (Å²) in [6.45, 7) is 6.90. The van der Waals surface area contributed by atoms with Gasteiger partial charge < -0.3 is 15.1 Å². The molecule has 1 aromatic heterocycles. The molecule has 278 valence electrons. The van der Waals surface area contributed by atoms with Gasteiger partial charge in [-0.3, -0.25) is 0 Å². The first-order valence-electron chi connectivity index (χ1n) is 20.0. The van der Waals surface area contributed by atoms with Crippen molar-refractivity contribution in [3.05, 3.63) is 117 Å². The van der Waals surface area contributed by atoms with Crippen molar-refractivity contribution in [1.29, 1.82) is 0 Å². The Balaban J connectivity index is 0.760. The number of nitrogens with one attached hydrogen (secondary N) is 1. The van der Waals surface area contributed by atoms with Crippen LogP contribution < -0.4 is 19.7 Å². The number of anilines is 3. The molecule has 4 aliphatic heterocycles. The van der Waals surface area contributed by atoms with Crippen LogP contribution in [0, 0.1) is 0 Å². The summed E-state index contributed by atoms with van der Waals surface area (Å²) in [6, 6.07) is 27.5. The first kappa shape index (κ1) is 36.3. The molecule has 9 rings (SSSR count). The van der Waals surface area contributed by atoms with Gasteiger partial charge in [0.25, 0.3) is 5.01 Å². The lowest BCUT2D eigenvalue weighted by Gasteiger charge is -2.37. The van der Waals surface area contributed by atoms with Crippen LogP contribution in [0.4, 0.5) is 17.1 Å². The van der Waals surface area contributed by atoms with E-state index >= 15 is 0 Å². The highest BCUT2D eigenvalue weighted by molar-refractivity contribution is 8.76. The zero-order chi connectivity index (χ0) is 36.1. The van der Waals surface area contributed by atoms with Crippen molar-refractivity contribution in [2.45, 2.75) is 62.8 Å². The average Bonchev–Trinajstić information content (AvgIpc) is 3.56. The fraction of sp³-hybridized carbons (Fsp3) is 0.370. The van der Waals surface area contributed by atoms with Crippen LogP contribution in [0.5, 0.6) is 0 Å². The van der Waals surface area contributed by atoms with Crippen molar-refractivity contribution < 1.29 is 4.57 Å². The molecule has 54 heavy (non-hydrogen) atoms. The van der Waals surface area contributed by atoms with Crippen LogP contribution in [0.3, 0.4) is 0 Å². The number of thioether (sulfide) groups is 1. The van der Waals surface area contributed by atoms with Gasteiger partial charge in [0.2, 0.25) is 5.52 Å². The average molecular weight is 788 g/mol. The Bertz CT molecular complexity index is 2110. The summed E-state index contributed by atoms with van der Waals surface area (Å²) in [5.74, 6) is 3.13. The Morgan fingerprint density at radius 2 is 1.26 bits per heavy atom. The molecule has 4 aromatic carbocycles. The monoisotopic (exact) mass is 787 g/mol. The molecule has 0 bridgehead atoms. The maximum atomic E-state index is 3.74. The molecule has 0 aliphatic carbocycles. The SMILES string of the molecule is C(=C\c1cc2c3c(c1)CCCN3CCC2)/CSc1ccccc1NCCSSCC[n+]1c(/C=C/c2cc3c4c(c2)CCCN4CCC3)sc2ccccc21. The second-order valence-electron chi connectivity index (χ2n) is 14.9. The highest BCUT2D eigenvalue weighted by Crippen LogP contribution is 2.38. The van der Waals surface area contributed by atoms with Gasteiger partial charge in [0.15, 0.2) is 6.54 Å². The summed E-state index contributed by atoms with van der Waals surface area (Å²) >= 11 is 3.84. The van der Waals surface area contributed by atoms with E-state index in [-0.39, 0.29) is 0 Å². The van der Waals surface area contributed by atoms with E-state index in [1.165, 1.54) is 114 Å². The Kier molecular flexibility index (Phi) is 11.6. The standard InChI is InChI=1S/C46H51N4S4/c1-3-17-42(51-27-9-10-34-30-36-11-5-22-48-23-6-12-37(31-34)45(36)48)40(15-1)47-21-28-52-53-29-26-50-41-16-2-4-18-43(41)54-44(50)20-19-35-32-38-13-7-24-49-25-8-14-39(33-35)46(38)49/h1-4,9-10,15-20,30-33,47H,5-8,11-14,21-29H2/q+1/b10-9+. The third-order valence-electron chi connectivity index (χ3n) is 11.3. The second-order valence-corrected chi connectivity index (χ2v) is 19.8. The van der Waals surface area contributed by atoms with E-state index < -0.39 is 0 Å². The number of para-hydroxylation sites is 2. The van der Waals surface area contributed by atoms with Crippen molar-refractivity contribution >= 4 is 90.2 Å². The number of hydrogen-bond acceptors (Lipinski definition) is 7. The van der Waals surface area contributed by atoms with Gasteiger partial charge in [-0.25, -0.2) is 0 Å². The zero-order valence-corrected chi connectivity index (χ0v) is 34.5. The smallest absolute Gasteiger partial charge is 0.262 e. The van der Waals surface area contributed by atoms with Crippen molar-refractivity contribution in [3.8, 4) is 0 Å². The van der Waals surface area contributed by atoms with Crippen molar-refractivity contribution in [2.24, 2.45) is 0 Å². The van der Waals surface area contributed by atoms with Crippen LogP contribution in [0.25, 0.3) is 28.4 Å². The molecule has 0 radical (unpaired) electrons. The number of aromatic nitrogens is 1. The molecule has 5 aromatic rings. The molecular formula is C46H51N4S4+. The molecule has 0 amide bonds. The molecule has 0 spiro atoms. The number of aryl methyl sites for hydroxylation is 5. The van der Waals surface area contributed by atoms with Crippen LogP contribution in [-0.2, 0) is 32.2 Å². The summed E-state index contributed by atoms with van der Waals surface area (Å²) in [7, 11) is 3.98. The van der Waals surface area contributed by atoms with Crippen molar-refractivity contribution in [2.75, 3.05) is 65.1 Å². The Morgan fingerprint density at radius 3 is 1.94 bits per heavy atom. The summed E-state index contributed by atoms with van der Waals surface area (Å²) < 4.78 is 3.89. The number of benzene rings is 4. The highest BCUT2D eigenvalue weighted by atomic mass is 33.1. The van der Waals surface area contributed by atoms with Gasteiger partial charge in [-0.15, -0.1) is 11.8 Å². The lowest BCUT2D eigenvalue weighted by molar-refractivity contribution is -0.663. The summed E-state index contributed by atoms with van der Waals surface area (Å²) in [5, 5.41) is 5.07. The second kappa shape index (κ2) is 17.2. The normalized spacial score (nSPS) is 16.4. The highest BCUT2D eigenvalue weighted by Gasteiger charge is 2.25. The third-order valence-corrected chi connectivity index (χ3v) is 15.8. The molecular weight excluding hydrogens is 737 g/mol. The molecule has 0 saturated heterocycles. The van der Waals surface area contributed by atoms with Crippen LogP contribution in [0.15, 0.2) is 83.8 Å². The maximum Gasteiger partial charge on any atom is 0.262 e. The Morgan fingerprint density at radius 1 is 0.667 bits per heavy atom. The topological polar surface area (TPSA) is 22.4 Å². The van der Waals surface area contributed by atoms with E-state index in [4.69, 9.17) is 0 Å². The first-order chi connectivity index (χ1) is 26.8. The number of hydrogen-bond donors (Lipinski definition) is 1. The molecule has 0 unspecified atom stereocenters. The first-order valence-corrected chi connectivity index (χ1v) is 24.3. The van der Waals surface area contributed by atoms with Gasteiger partial charge in [0.1, 0.15) is 4.70 Å². The van der Waals surface area contributed by atoms with E-state index in [0.29, 0.717) is 0 Å². The lowest BCUT2D eigenvalue weighted by Crippen LogP contribution is -2.36. The minimum Gasteiger partial charge on any atom is -0.383 e. The van der Waals surface area contributed by atoms with Gasteiger partial charge >= 0.3 is 0 Å². The van der Waals surface area contributed by atoms with E-state index in [9.17, 15) is 0 Å². The molecule has 4 aliphatic rings. The van der Waals surface area contributed by atoms with Crippen LogP contribution >= 0.6 is 44.7 Å². The number of nitrogens with zero attached hydrogens (tertiary/aromatic N) is 3. The summed E-state index contributed by atoms with van der Waals surface area (Å²) in [4.78, 5) is 6.59. The minimum atomic E-state index is 0.961. The molecule has 0 fully saturated rings. The van der Waals surface area contributed by atoms with Crippen molar-refractivity contribution in [1.82, 2.24) is 0 Å². The largest absolute Gasteiger partial charge is 0.383 e. The Hall–Kier alpha value is -3.30.